The lowest BCUT2D eigenvalue weighted by atomic mass is 10.1. The van der Waals surface area contributed by atoms with Crippen LogP contribution in [0.1, 0.15) is 29.4 Å². The molecule has 1 aromatic heterocycles. The van der Waals surface area contributed by atoms with E-state index < -0.39 is 5.97 Å². The van der Waals surface area contributed by atoms with E-state index >= 15 is 0 Å². The molecule has 2 rings (SSSR count). The van der Waals surface area contributed by atoms with Gasteiger partial charge in [0, 0.05) is 11.8 Å². The van der Waals surface area contributed by atoms with Crippen LogP contribution in [0.4, 0.5) is 0 Å². The summed E-state index contributed by atoms with van der Waals surface area (Å²) in [5.74, 6) is -0.985. The first-order valence-corrected chi connectivity index (χ1v) is 7.07. The van der Waals surface area contributed by atoms with Crippen molar-refractivity contribution in [1.29, 1.82) is 0 Å². The second kappa shape index (κ2) is 6.14. The van der Waals surface area contributed by atoms with E-state index in [9.17, 15) is 4.79 Å². The third-order valence-corrected chi connectivity index (χ3v) is 3.72. The lowest BCUT2D eigenvalue weighted by molar-refractivity contribution is -0.131. The Morgan fingerprint density at radius 2 is 2.14 bits per heavy atom. The van der Waals surface area contributed by atoms with Crippen LogP contribution in [-0.4, -0.2) is 20.9 Å². The summed E-state index contributed by atoms with van der Waals surface area (Å²) in [5.41, 5.74) is 4.83. The van der Waals surface area contributed by atoms with Crippen molar-refractivity contribution >= 4 is 23.6 Å². The van der Waals surface area contributed by atoms with Crippen molar-refractivity contribution in [3.63, 3.8) is 0 Å². The second-order valence-electron chi connectivity index (χ2n) is 4.80. The van der Waals surface area contributed by atoms with E-state index in [4.69, 9.17) is 16.7 Å². The van der Waals surface area contributed by atoms with E-state index in [1.807, 2.05) is 30.7 Å². The van der Waals surface area contributed by atoms with E-state index in [-0.39, 0.29) is 0 Å². The number of nitrogens with zero attached hydrogens (tertiary/aromatic N) is 2. The lowest BCUT2D eigenvalue weighted by Gasteiger charge is -2.08. The third kappa shape index (κ3) is 3.16. The predicted octanol–water partition coefficient (Wildman–Crippen LogP) is 3.80. The molecule has 0 spiro atoms. The summed E-state index contributed by atoms with van der Waals surface area (Å²) in [6, 6.07) is 5.41. The van der Waals surface area contributed by atoms with Crippen LogP contribution in [0.2, 0.25) is 5.02 Å². The number of hydrogen-bond donors (Lipinski definition) is 1. The van der Waals surface area contributed by atoms with Gasteiger partial charge in [-0.2, -0.15) is 5.10 Å². The van der Waals surface area contributed by atoms with Crippen molar-refractivity contribution in [2.45, 2.75) is 27.2 Å². The van der Waals surface area contributed by atoms with Crippen LogP contribution in [-0.2, 0) is 11.2 Å². The zero-order valence-electron chi connectivity index (χ0n) is 12.2. The molecule has 0 fully saturated rings. The van der Waals surface area contributed by atoms with Crippen molar-refractivity contribution in [3.8, 4) is 5.69 Å². The highest BCUT2D eigenvalue weighted by atomic mass is 35.5. The number of halogens is 1. The highest BCUT2D eigenvalue weighted by Gasteiger charge is 2.13. The zero-order valence-corrected chi connectivity index (χ0v) is 13.0. The van der Waals surface area contributed by atoms with Gasteiger partial charge in [0.2, 0.25) is 0 Å². The van der Waals surface area contributed by atoms with Crippen LogP contribution in [0.15, 0.2) is 24.3 Å². The van der Waals surface area contributed by atoms with E-state index in [0.29, 0.717) is 5.02 Å². The van der Waals surface area contributed by atoms with Crippen molar-refractivity contribution in [1.82, 2.24) is 9.78 Å². The summed E-state index contributed by atoms with van der Waals surface area (Å²) in [5, 5.41) is 13.7. The molecule has 0 saturated carbocycles. The topological polar surface area (TPSA) is 55.1 Å². The summed E-state index contributed by atoms with van der Waals surface area (Å²) in [6.45, 7) is 6.11. The highest BCUT2D eigenvalue weighted by Crippen LogP contribution is 2.25. The minimum atomic E-state index is -0.985. The Hall–Kier alpha value is -2.07. The number of rotatable bonds is 4. The van der Waals surface area contributed by atoms with Crippen LogP contribution < -0.4 is 0 Å². The monoisotopic (exact) mass is 304 g/mol. The number of carboxylic acid groups (broad SMARTS) is 1. The first-order chi connectivity index (χ1) is 9.93. The minimum Gasteiger partial charge on any atom is -0.478 e. The van der Waals surface area contributed by atoms with Crippen LogP contribution >= 0.6 is 11.6 Å². The molecule has 0 radical (unpaired) electrons. The number of aryl methyl sites for hydroxylation is 1. The average molecular weight is 305 g/mol. The number of aliphatic carboxylic acids is 1. The maximum absolute atomic E-state index is 10.5. The molecule has 0 unspecified atom stereocenters. The molecule has 1 aromatic carbocycles. The summed E-state index contributed by atoms with van der Waals surface area (Å²) in [7, 11) is 0. The molecule has 0 aliphatic rings. The van der Waals surface area contributed by atoms with Gasteiger partial charge in [0.15, 0.2) is 0 Å². The Labute approximate surface area is 128 Å². The Bertz CT molecular complexity index is 717. The molecule has 0 atom stereocenters. The Kier molecular flexibility index (Phi) is 4.48. The molecule has 0 bridgehead atoms. The smallest absolute Gasteiger partial charge is 0.328 e. The molecule has 5 heteroatoms. The maximum atomic E-state index is 10.5. The summed E-state index contributed by atoms with van der Waals surface area (Å²) in [4.78, 5) is 10.5. The van der Waals surface area contributed by atoms with Gasteiger partial charge in [-0.1, -0.05) is 24.6 Å². The van der Waals surface area contributed by atoms with Crippen LogP contribution in [0, 0.1) is 13.8 Å². The normalized spacial score (nSPS) is 11.2. The van der Waals surface area contributed by atoms with Gasteiger partial charge in [0.25, 0.3) is 0 Å². The van der Waals surface area contributed by atoms with Gasteiger partial charge >= 0.3 is 5.97 Å². The fraction of sp³-hybridized carbons (Fsp3) is 0.250. The second-order valence-corrected chi connectivity index (χ2v) is 5.20. The molecular formula is C16H17ClN2O2. The van der Waals surface area contributed by atoms with E-state index in [1.54, 1.807) is 6.07 Å². The average Bonchev–Trinajstić information content (AvgIpc) is 2.71. The van der Waals surface area contributed by atoms with E-state index in [0.717, 1.165) is 35.1 Å². The molecular weight excluding hydrogens is 288 g/mol. The Morgan fingerprint density at radius 1 is 1.43 bits per heavy atom. The largest absolute Gasteiger partial charge is 0.478 e. The molecule has 2 aromatic rings. The third-order valence-electron chi connectivity index (χ3n) is 3.41. The molecule has 0 amide bonds. The van der Waals surface area contributed by atoms with Crippen molar-refractivity contribution in [2.24, 2.45) is 0 Å². The number of carboxylic acids is 1. The van der Waals surface area contributed by atoms with Crippen molar-refractivity contribution < 1.29 is 9.90 Å². The van der Waals surface area contributed by atoms with Crippen LogP contribution in [0.25, 0.3) is 11.8 Å². The van der Waals surface area contributed by atoms with Gasteiger partial charge in [0.05, 0.1) is 16.4 Å². The minimum absolute atomic E-state index is 0.538. The van der Waals surface area contributed by atoms with Gasteiger partial charge in [-0.15, -0.1) is 0 Å². The number of benzene rings is 1. The molecule has 0 aliphatic heterocycles. The quantitative estimate of drug-likeness (QED) is 0.874. The number of carbonyl (C=O) groups is 1. The predicted molar refractivity (Wildman–Crippen MR) is 84.1 cm³/mol. The first-order valence-electron chi connectivity index (χ1n) is 6.70. The maximum Gasteiger partial charge on any atom is 0.328 e. The molecule has 1 heterocycles. The molecule has 1 N–H and O–H groups in total. The van der Waals surface area contributed by atoms with Gasteiger partial charge in [-0.25, -0.2) is 9.48 Å². The zero-order chi connectivity index (χ0) is 15.6. The van der Waals surface area contributed by atoms with Gasteiger partial charge in [-0.3, -0.25) is 0 Å². The SMILES string of the molecule is CCc1c(C)nn(-c2ccc(/C=C/C(=O)O)cc2Cl)c1C. The summed E-state index contributed by atoms with van der Waals surface area (Å²) in [6.07, 6.45) is 3.52. The molecule has 110 valence electrons. The summed E-state index contributed by atoms with van der Waals surface area (Å²) >= 11 is 6.31. The summed E-state index contributed by atoms with van der Waals surface area (Å²) < 4.78 is 1.83. The Morgan fingerprint density at radius 3 is 2.67 bits per heavy atom. The first kappa shape index (κ1) is 15.3. The lowest BCUT2D eigenvalue weighted by Crippen LogP contribution is -2.00. The van der Waals surface area contributed by atoms with Crippen LogP contribution in [0.5, 0.6) is 0 Å². The fourth-order valence-corrected chi connectivity index (χ4v) is 2.66. The van der Waals surface area contributed by atoms with Gasteiger partial charge in [-0.05, 0) is 49.6 Å². The van der Waals surface area contributed by atoms with Gasteiger partial charge < -0.3 is 5.11 Å². The molecule has 21 heavy (non-hydrogen) atoms. The number of hydrogen-bond acceptors (Lipinski definition) is 2. The van der Waals surface area contributed by atoms with Crippen LogP contribution in [0.3, 0.4) is 0 Å². The standard InChI is InChI=1S/C16H17ClN2O2/c1-4-13-10(2)18-19(11(13)3)15-7-5-12(9-14(15)17)6-8-16(20)21/h5-9H,4H2,1-3H3,(H,20,21)/b8-6+. The molecule has 0 saturated heterocycles. The molecule has 0 aliphatic carbocycles. The van der Waals surface area contributed by atoms with Crippen molar-refractivity contribution in [2.75, 3.05) is 0 Å². The van der Waals surface area contributed by atoms with E-state index in [2.05, 4.69) is 12.0 Å². The number of aromatic nitrogens is 2. The van der Waals surface area contributed by atoms with Crippen molar-refractivity contribution in [3.05, 3.63) is 51.8 Å². The fourth-order valence-electron chi connectivity index (χ4n) is 2.39. The van der Waals surface area contributed by atoms with Gasteiger partial charge in [0.1, 0.15) is 0 Å². The highest BCUT2D eigenvalue weighted by molar-refractivity contribution is 6.32. The molecule has 4 nitrogen and oxygen atoms in total. The Balaban J connectivity index is 2.44. The van der Waals surface area contributed by atoms with E-state index in [1.165, 1.54) is 11.6 Å².